The summed E-state index contributed by atoms with van der Waals surface area (Å²) in [6.45, 7) is 9.16. The van der Waals surface area contributed by atoms with Crippen molar-refractivity contribution in [2.45, 2.75) is 32.2 Å². The molecule has 1 fully saturated rings. The lowest BCUT2D eigenvalue weighted by atomic mass is 9.80. The van der Waals surface area contributed by atoms with Crippen LogP contribution in [0, 0.1) is 5.92 Å². The molecule has 1 rings (SSSR count). The fourth-order valence-corrected chi connectivity index (χ4v) is 1.86. The number of carbonyl (C=O) groups excluding carboxylic acids is 1. The number of carbonyl (C=O) groups is 1. The maximum Gasteiger partial charge on any atom is 0.162 e. The number of hydrogen-bond donors (Lipinski definition) is 1. The van der Waals surface area contributed by atoms with Crippen LogP contribution in [-0.4, -0.2) is 31.1 Å². The highest BCUT2D eigenvalue weighted by Crippen LogP contribution is 2.26. The summed E-state index contributed by atoms with van der Waals surface area (Å²) in [7, 11) is 0. The molecule has 1 N–H and O–H groups in total. The Balaban J connectivity index is 2.78. The average Bonchev–Trinajstić information content (AvgIpc) is 2.17. The first-order valence-electron chi connectivity index (χ1n) is 4.85. The third-order valence-electron chi connectivity index (χ3n) is 2.72. The lowest BCUT2D eigenvalue weighted by Crippen LogP contribution is -2.48. The zero-order chi connectivity index (χ0) is 9.90. The van der Waals surface area contributed by atoms with Crippen molar-refractivity contribution in [3.05, 3.63) is 0 Å². The molecule has 1 aliphatic rings. The van der Waals surface area contributed by atoms with Gasteiger partial charge in [0.2, 0.25) is 0 Å². The highest BCUT2D eigenvalue weighted by atomic mass is 16.1. The summed E-state index contributed by atoms with van der Waals surface area (Å²) >= 11 is 0. The molecule has 0 amide bonds. The summed E-state index contributed by atoms with van der Waals surface area (Å²) in [6.07, 6.45) is 1.60. The predicted molar refractivity (Wildman–Crippen MR) is 54.2 cm³/mol. The summed E-state index contributed by atoms with van der Waals surface area (Å²) in [6, 6.07) is 0. The van der Waals surface area contributed by atoms with Crippen LogP contribution in [0.5, 0.6) is 0 Å². The largest absolute Gasteiger partial charge is 0.317 e. The molecular formula is C10H18N2O. The lowest BCUT2D eigenvalue weighted by Gasteiger charge is -2.33. The first-order chi connectivity index (χ1) is 6.12. The molecule has 0 atom stereocenters. The SMILES string of the molecule is C=NC1(C(=O)C(C)C)CCNCC1. The van der Waals surface area contributed by atoms with Crippen LogP contribution in [0.4, 0.5) is 0 Å². The number of hydrogen-bond acceptors (Lipinski definition) is 3. The second-order valence-corrected chi connectivity index (χ2v) is 3.96. The van der Waals surface area contributed by atoms with Crippen LogP contribution in [0.15, 0.2) is 4.99 Å². The molecule has 1 heterocycles. The molecule has 0 unspecified atom stereocenters. The third-order valence-corrected chi connectivity index (χ3v) is 2.72. The molecule has 0 saturated carbocycles. The number of aliphatic imine (C=N–C) groups is 1. The lowest BCUT2D eigenvalue weighted by molar-refractivity contribution is -0.127. The molecule has 0 spiro atoms. The molecule has 0 radical (unpaired) electrons. The summed E-state index contributed by atoms with van der Waals surface area (Å²) in [5, 5.41) is 3.23. The minimum absolute atomic E-state index is 0.0589. The van der Waals surface area contributed by atoms with E-state index in [9.17, 15) is 4.79 Å². The topological polar surface area (TPSA) is 41.5 Å². The zero-order valence-corrected chi connectivity index (χ0v) is 8.47. The maximum atomic E-state index is 11.9. The Morgan fingerprint density at radius 1 is 1.46 bits per heavy atom. The normalized spacial score (nSPS) is 21.5. The fraction of sp³-hybridized carbons (Fsp3) is 0.800. The van der Waals surface area contributed by atoms with Gasteiger partial charge in [-0.15, -0.1) is 0 Å². The standard InChI is InChI=1S/C10H18N2O/c1-8(2)9(13)10(11-3)4-6-12-7-5-10/h8,12H,3-7H2,1-2H3. The highest BCUT2D eigenvalue weighted by Gasteiger charge is 2.38. The van der Waals surface area contributed by atoms with E-state index in [-0.39, 0.29) is 11.7 Å². The minimum Gasteiger partial charge on any atom is -0.317 e. The van der Waals surface area contributed by atoms with Crippen LogP contribution in [-0.2, 0) is 4.79 Å². The van der Waals surface area contributed by atoms with E-state index in [1.807, 2.05) is 13.8 Å². The van der Waals surface area contributed by atoms with Crippen molar-refractivity contribution in [2.75, 3.05) is 13.1 Å². The van der Waals surface area contributed by atoms with Gasteiger partial charge in [-0.25, -0.2) is 0 Å². The summed E-state index contributed by atoms with van der Waals surface area (Å²) in [4.78, 5) is 16.0. The monoisotopic (exact) mass is 182 g/mol. The van der Waals surface area contributed by atoms with Gasteiger partial charge in [0.05, 0.1) is 0 Å². The van der Waals surface area contributed by atoms with Gasteiger partial charge < -0.3 is 5.32 Å². The van der Waals surface area contributed by atoms with E-state index in [1.54, 1.807) is 0 Å². The molecule has 0 aromatic carbocycles. The van der Waals surface area contributed by atoms with Gasteiger partial charge in [-0.2, -0.15) is 0 Å². The molecule has 1 saturated heterocycles. The fourth-order valence-electron chi connectivity index (χ4n) is 1.86. The highest BCUT2D eigenvalue weighted by molar-refractivity contribution is 5.90. The Hall–Kier alpha value is -0.700. The van der Waals surface area contributed by atoms with Gasteiger partial charge in [-0.3, -0.25) is 9.79 Å². The van der Waals surface area contributed by atoms with Gasteiger partial charge in [0.25, 0.3) is 0 Å². The molecule has 1 aliphatic heterocycles. The van der Waals surface area contributed by atoms with Crippen molar-refractivity contribution in [3.63, 3.8) is 0 Å². The summed E-state index contributed by atoms with van der Waals surface area (Å²) in [5.41, 5.74) is -0.487. The zero-order valence-electron chi connectivity index (χ0n) is 8.47. The van der Waals surface area contributed by atoms with Crippen LogP contribution < -0.4 is 5.32 Å². The van der Waals surface area contributed by atoms with Gasteiger partial charge >= 0.3 is 0 Å². The molecule has 3 heteroatoms. The van der Waals surface area contributed by atoms with Crippen LogP contribution in [0.25, 0.3) is 0 Å². The molecule has 3 nitrogen and oxygen atoms in total. The van der Waals surface area contributed by atoms with E-state index < -0.39 is 5.54 Å². The van der Waals surface area contributed by atoms with E-state index in [0.717, 1.165) is 25.9 Å². The van der Waals surface area contributed by atoms with Crippen molar-refractivity contribution in [1.29, 1.82) is 0 Å². The molecular weight excluding hydrogens is 164 g/mol. The Kier molecular flexibility index (Phi) is 3.20. The Morgan fingerprint density at radius 3 is 2.38 bits per heavy atom. The van der Waals surface area contributed by atoms with E-state index in [4.69, 9.17) is 0 Å². The Bertz CT molecular complexity index is 205. The first-order valence-corrected chi connectivity index (χ1v) is 4.85. The summed E-state index contributed by atoms with van der Waals surface area (Å²) in [5.74, 6) is 0.299. The number of rotatable bonds is 3. The molecule has 74 valence electrons. The van der Waals surface area contributed by atoms with Crippen molar-refractivity contribution < 1.29 is 4.79 Å². The maximum absolute atomic E-state index is 11.9. The van der Waals surface area contributed by atoms with Crippen LogP contribution in [0.1, 0.15) is 26.7 Å². The number of piperidine rings is 1. The van der Waals surface area contributed by atoms with Gasteiger partial charge in [0.1, 0.15) is 5.54 Å². The van der Waals surface area contributed by atoms with Crippen LogP contribution >= 0.6 is 0 Å². The van der Waals surface area contributed by atoms with E-state index in [2.05, 4.69) is 17.0 Å². The smallest absolute Gasteiger partial charge is 0.162 e. The van der Waals surface area contributed by atoms with Gasteiger partial charge in [0, 0.05) is 5.92 Å². The van der Waals surface area contributed by atoms with Gasteiger partial charge in [-0.1, -0.05) is 13.8 Å². The first kappa shape index (κ1) is 10.4. The molecule has 0 aromatic heterocycles. The second-order valence-electron chi connectivity index (χ2n) is 3.96. The van der Waals surface area contributed by atoms with Crippen molar-refractivity contribution in [2.24, 2.45) is 10.9 Å². The Morgan fingerprint density at radius 2 is 2.00 bits per heavy atom. The number of ketones is 1. The van der Waals surface area contributed by atoms with Gasteiger partial charge in [-0.05, 0) is 32.6 Å². The second kappa shape index (κ2) is 4.01. The Labute approximate surface area is 79.6 Å². The molecule has 13 heavy (non-hydrogen) atoms. The van der Waals surface area contributed by atoms with Crippen LogP contribution in [0.2, 0.25) is 0 Å². The predicted octanol–water partition coefficient (Wildman–Crippen LogP) is 1.03. The molecule has 0 aromatic rings. The van der Waals surface area contributed by atoms with Crippen molar-refractivity contribution >= 4 is 12.5 Å². The quantitative estimate of drug-likeness (QED) is 0.662. The summed E-state index contributed by atoms with van der Waals surface area (Å²) < 4.78 is 0. The average molecular weight is 182 g/mol. The third kappa shape index (κ3) is 1.97. The molecule has 0 aliphatic carbocycles. The van der Waals surface area contributed by atoms with Gasteiger partial charge in [0.15, 0.2) is 5.78 Å². The van der Waals surface area contributed by atoms with Crippen LogP contribution in [0.3, 0.4) is 0 Å². The number of nitrogens with zero attached hydrogens (tertiary/aromatic N) is 1. The minimum atomic E-state index is -0.487. The molecule has 0 bridgehead atoms. The van der Waals surface area contributed by atoms with E-state index in [0.29, 0.717) is 0 Å². The number of nitrogens with one attached hydrogen (secondary N) is 1. The van der Waals surface area contributed by atoms with Crippen molar-refractivity contribution in [1.82, 2.24) is 5.32 Å². The number of Topliss-reactive ketones (excluding diaryl/α,β-unsaturated/α-hetero) is 1. The van der Waals surface area contributed by atoms with Crippen molar-refractivity contribution in [3.8, 4) is 0 Å². The van der Waals surface area contributed by atoms with E-state index >= 15 is 0 Å². The van der Waals surface area contributed by atoms with E-state index in [1.165, 1.54) is 0 Å².